The lowest BCUT2D eigenvalue weighted by Crippen LogP contribution is -2.52. The van der Waals surface area contributed by atoms with Crippen molar-refractivity contribution in [1.29, 1.82) is 0 Å². The second kappa shape index (κ2) is 12.8. The minimum Gasteiger partial charge on any atom is -0.497 e. The number of hydrogen-bond acceptors (Lipinski definition) is 4. The molecule has 0 unspecified atom stereocenters. The van der Waals surface area contributed by atoms with Crippen LogP contribution in [0.2, 0.25) is 0 Å². The third kappa shape index (κ3) is 7.74. The third-order valence-corrected chi connectivity index (χ3v) is 6.91. The van der Waals surface area contributed by atoms with Crippen molar-refractivity contribution in [2.75, 3.05) is 13.7 Å². The van der Waals surface area contributed by atoms with Gasteiger partial charge in [0.2, 0.25) is 5.91 Å². The zero-order valence-electron chi connectivity index (χ0n) is 22.5. The molecule has 2 aromatic rings. The lowest BCUT2D eigenvalue weighted by atomic mass is 9.87. The number of hydrogen-bond donors (Lipinski definition) is 1. The van der Waals surface area contributed by atoms with Gasteiger partial charge in [-0.2, -0.15) is 0 Å². The van der Waals surface area contributed by atoms with Gasteiger partial charge in [-0.15, -0.1) is 0 Å². The van der Waals surface area contributed by atoms with Crippen LogP contribution in [0.1, 0.15) is 77.3 Å². The van der Waals surface area contributed by atoms with Gasteiger partial charge in [0.25, 0.3) is 5.91 Å². The molecule has 0 aliphatic heterocycles. The average Bonchev–Trinajstić information content (AvgIpc) is 2.87. The number of carbonyl (C=O) groups is 2. The summed E-state index contributed by atoms with van der Waals surface area (Å²) in [6.07, 6.45) is 6.01. The maximum atomic E-state index is 13.5. The molecule has 0 radical (unpaired) electrons. The minimum atomic E-state index is -0.572. The molecule has 1 N–H and O–H groups in total. The maximum absolute atomic E-state index is 13.5. The van der Waals surface area contributed by atoms with E-state index >= 15 is 0 Å². The Labute approximate surface area is 216 Å². The van der Waals surface area contributed by atoms with Crippen LogP contribution in [0.3, 0.4) is 0 Å². The monoisotopic (exact) mass is 494 g/mol. The van der Waals surface area contributed by atoms with Crippen molar-refractivity contribution >= 4 is 11.8 Å². The molecule has 6 nitrogen and oxygen atoms in total. The van der Waals surface area contributed by atoms with Crippen molar-refractivity contribution in [3.05, 3.63) is 59.7 Å². The normalized spacial score (nSPS) is 15.1. The fourth-order valence-electron chi connectivity index (χ4n) is 4.71. The Morgan fingerprint density at radius 3 is 2.33 bits per heavy atom. The molecule has 0 aromatic heterocycles. The molecule has 196 valence electrons. The number of carbonyl (C=O) groups excluding carboxylic acids is 2. The van der Waals surface area contributed by atoms with Gasteiger partial charge in [0.15, 0.2) is 6.61 Å². The predicted octanol–water partition coefficient (Wildman–Crippen LogP) is 5.63. The van der Waals surface area contributed by atoms with Gasteiger partial charge < -0.3 is 19.7 Å². The summed E-state index contributed by atoms with van der Waals surface area (Å²) in [6, 6.07) is 15.1. The average molecular weight is 495 g/mol. The predicted molar refractivity (Wildman–Crippen MR) is 143 cm³/mol. The zero-order chi connectivity index (χ0) is 26.1. The topological polar surface area (TPSA) is 67.9 Å². The molecule has 2 amide bonds. The zero-order valence-corrected chi connectivity index (χ0v) is 22.5. The summed E-state index contributed by atoms with van der Waals surface area (Å²) in [4.78, 5) is 28.5. The first-order valence-corrected chi connectivity index (χ1v) is 13.2. The van der Waals surface area contributed by atoms with Crippen molar-refractivity contribution < 1.29 is 19.1 Å². The molecule has 2 aromatic carbocycles. The van der Waals surface area contributed by atoms with Crippen molar-refractivity contribution in [1.82, 2.24) is 10.2 Å². The quantitative estimate of drug-likeness (QED) is 0.465. The van der Waals surface area contributed by atoms with E-state index in [1.54, 1.807) is 12.0 Å². The van der Waals surface area contributed by atoms with Gasteiger partial charge in [-0.25, -0.2) is 0 Å². The molecule has 0 spiro atoms. The molecule has 36 heavy (non-hydrogen) atoms. The van der Waals surface area contributed by atoms with Crippen molar-refractivity contribution in [3.63, 3.8) is 0 Å². The van der Waals surface area contributed by atoms with E-state index in [2.05, 4.69) is 26.1 Å². The Hall–Kier alpha value is -3.02. The summed E-state index contributed by atoms with van der Waals surface area (Å²) >= 11 is 0. The first-order valence-electron chi connectivity index (χ1n) is 13.2. The SMILES string of the molecule is CC[C@H](C(=O)NC1CCCCC1)N(Cc1cccc(OC)c1)C(=O)COc1ccc(C(C)(C)C)cc1. The lowest BCUT2D eigenvalue weighted by Gasteiger charge is -2.32. The van der Waals surface area contributed by atoms with E-state index in [9.17, 15) is 9.59 Å². The number of nitrogens with one attached hydrogen (secondary N) is 1. The van der Waals surface area contributed by atoms with Gasteiger partial charge in [0, 0.05) is 12.6 Å². The van der Waals surface area contributed by atoms with Gasteiger partial charge in [-0.1, -0.05) is 71.2 Å². The van der Waals surface area contributed by atoms with Crippen LogP contribution in [0.4, 0.5) is 0 Å². The van der Waals surface area contributed by atoms with Gasteiger partial charge in [0.1, 0.15) is 17.5 Å². The van der Waals surface area contributed by atoms with E-state index < -0.39 is 6.04 Å². The standard InChI is InChI=1S/C30H42N2O4/c1-6-27(29(34)31-24-12-8-7-9-13-24)32(20-22-11-10-14-26(19-22)35-5)28(33)21-36-25-17-15-23(16-18-25)30(2,3)4/h10-11,14-19,24,27H,6-9,12-13,20-21H2,1-5H3,(H,31,34)/t27-/m1/s1. The molecule has 6 heteroatoms. The molecule has 0 bridgehead atoms. The molecule has 3 rings (SSSR count). The Morgan fingerprint density at radius 2 is 1.72 bits per heavy atom. The molecular formula is C30H42N2O4. The van der Waals surface area contributed by atoms with Crippen LogP contribution in [-0.2, 0) is 21.5 Å². The number of ether oxygens (including phenoxy) is 2. The van der Waals surface area contributed by atoms with Crippen LogP contribution in [0.5, 0.6) is 11.5 Å². The fraction of sp³-hybridized carbons (Fsp3) is 0.533. The van der Waals surface area contributed by atoms with E-state index in [1.807, 2.05) is 55.5 Å². The highest BCUT2D eigenvalue weighted by atomic mass is 16.5. The van der Waals surface area contributed by atoms with Gasteiger partial charge in [-0.3, -0.25) is 9.59 Å². The van der Waals surface area contributed by atoms with E-state index in [0.717, 1.165) is 37.0 Å². The van der Waals surface area contributed by atoms with Crippen LogP contribution in [-0.4, -0.2) is 42.5 Å². The molecule has 0 heterocycles. The highest BCUT2D eigenvalue weighted by Crippen LogP contribution is 2.25. The number of nitrogens with zero attached hydrogens (tertiary/aromatic N) is 1. The molecule has 1 saturated carbocycles. The van der Waals surface area contributed by atoms with Crippen LogP contribution < -0.4 is 14.8 Å². The number of amides is 2. The summed E-state index contributed by atoms with van der Waals surface area (Å²) in [5.74, 6) is 1.05. The summed E-state index contributed by atoms with van der Waals surface area (Å²) < 4.78 is 11.2. The van der Waals surface area contributed by atoms with Crippen molar-refractivity contribution in [2.24, 2.45) is 0 Å². The smallest absolute Gasteiger partial charge is 0.261 e. The van der Waals surface area contributed by atoms with Gasteiger partial charge in [-0.05, 0) is 60.1 Å². The van der Waals surface area contributed by atoms with Crippen molar-refractivity contribution in [2.45, 2.75) is 90.3 Å². The van der Waals surface area contributed by atoms with E-state index in [-0.39, 0.29) is 29.9 Å². The molecule has 1 aliphatic rings. The van der Waals surface area contributed by atoms with Crippen LogP contribution in [0.25, 0.3) is 0 Å². The molecule has 1 aliphatic carbocycles. The Balaban J connectivity index is 1.75. The van der Waals surface area contributed by atoms with Crippen molar-refractivity contribution in [3.8, 4) is 11.5 Å². The van der Waals surface area contributed by atoms with Gasteiger partial charge >= 0.3 is 0 Å². The van der Waals surface area contributed by atoms with Crippen LogP contribution in [0.15, 0.2) is 48.5 Å². The maximum Gasteiger partial charge on any atom is 0.261 e. The Morgan fingerprint density at radius 1 is 1.03 bits per heavy atom. The number of rotatable bonds is 10. The summed E-state index contributed by atoms with van der Waals surface area (Å²) in [5, 5.41) is 3.21. The molecule has 1 fully saturated rings. The Kier molecular flexibility index (Phi) is 9.80. The van der Waals surface area contributed by atoms with E-state index in [1.165, 1.54) is 12.0 Å². The second-order valence-corrected chi connectivity index (χ2v) is 10.7. The lowest BCUT2D eigenvalue weighted by molar-refractivity contribution is -0.143. The molecular weight excluding hydrogens is 452 g/mol. The summed E-state index contributed by atoms with van der Waals surface area (Å²) in [6.45, 7) is 8.60. The Bertz CT molecular complexity index is 991. The van der Waals surface area contributed by atoms with Gasteiger partial charge in [0.05, 0.1) is 7.11 Å². The first kappa shape index (κ1) is 27.6. The minimum absolute atomic E-state index is 0.0436. The molecule has 0 saturated heterocycles. The van der Waals surface area contributed by atoms with E-state index in [4.69, 9.17) is 9.47 Å². The number of benzene rings is 2. The second-order valence-electron chi connectivity index (χ2n) is 10.7. The fourth-order valence-corrected chi connectivity index (χ4v) is 4.71. The number of methoxy groups -OCH3 is 1. The third-order valence-electron chi connectivity index (χ3n) is 6.91. The highest BCUT2D eigenvalue weighted by Gasteiger charge is 2.30. The van der Waals surface area contributed by atoms with E-state index in [0.29, 0.717) is 18.7 Å². The first-order chi connectivity index (χ1) is 17.2. The largest absolute Gasteiger partial charge is 0.497 e. The molecule has 1 atom stereocenters. The highest BCUT2D eigenvalue weighted by molar-refractivity contribution is 5.88. The van der Waals surface area contributed by atoms with Crippen LogP contribution in [0, 0.1) is 0 Å². The summed E-state index contributed by atoms with van der Waals surface area (Å²) in [5.41, 5.74) is 2.15. The summed E-state index contributed by atoms with van der Waals surface area (Å²) in [7, 11) is 1.62. The van der Waals surface area contributed by atoms with Crippen LogP contribution >= 0.6 is 0 Å².